The zero-order valence-corrected chi connectivity index (χ0v) is 15.7. The van der Waals surface area contributed by atoms with E-state index in [2.05, 4.69) is 34.1 Å². The monoisotopic (exact) mass is 355 g/mol. The highest BCUT2D eigenvalue weighted by atomic mass is 16.3. The molecule has 138 valence electrons. The zero-order chi connectivity index (χ0) is 18.7. The first-order valence-corrected chi connectivity index (χ1v) is 8.93. The maximum Gasteiger partial charge on any atom is 0.270 e. The fraction of sp³-hybridized carbons (Fsp3) is 0.421. The molecule has 26 heavy (non-hydrogen) atoms. The molecule has 0 spiro atoms. The molecule has 0 bridgehead atoms. The van der Waals surface area contributed by atoms with Crippen LogP contribution in [-0.4, -0.2) is 45.0 Å². The molecule has 1 amide bonds. The van der Waals surface area contributed by atoms with Gasteiger partial charge in [0.1, 0.15) is 11.5 Å². The molecule has 0 saturated carbocycles. The van der Waals surface area contributed by atoms with Crippen molar-refractivity contribution in [2.45, 2.75) is 33.7 Å². The minimum Gasteiger partial charge on any atom is -0.468 e. The lowest BCUT2D eigenvalue weighted by atomic mass is 10.1. The van der Waals surface area contributed by atoms with Crippen molar-refractivity contribution in [3.63, 3.8) is 0 Å². The lowest BCUT2D eigenvalue weighted by Gasteiger charge is -2.28. The molecule has 0 aliphatic heterocycles. The van der Waals surface area contributed by atoms with Gasteiger partial charge in [-0.2, -0.15) is 5.10 Å². The van der Waals surface area contributed by atoms with Crippen molar-refractivity contribution >= 4 is 11.6 Å². The van der Waals surface area contributed by atoms with E-state index in [0.717, 1.165) is 30.2 Å². The molecule has 7 nitrogen and oxygen atoms in total. The fourth-order valence-electron chi connectivity index (χ4n) is 3.19. The summed E-state index contributed by atoms with van der Waals surface area (Å²) >= 11 is 0. The van der Waals surface area contributed by atoms with Crippen molar-refractivity contribution in [3.05, 3.63) is 53.4 Å². The maximum absolute atomic E-state index is 12.7. The Kier molecular flexibility index (Phi) is 5.37. The van der Waals surface area contributed by atoms with Crippen molar-refractivity contribution in [2.75, 3.05) is 19.6 Å². The molecule has 0 saturated heterocycles. The van der Waals surface area contributed by atoms with Crippen molar-refractivity contribution in [1.82, 2.24) is 24.8 Å². The summed E-state index contributed by atoms with van der Waals surface area (Å²) in [5, 5.41) is 7.37. The van der Waals surface area contributed by atoms with Crippen LogP contribution in [0, 0.1) is 13.8 Å². The summed E-state index contributed by atoms with van der Waals surface area (Å²) in [5.41, 5.74) is 2.82. The van der Waals surface area contributed by atoms with Gasteiger partial charge in [-0.15, -0.1) is 0 Å². The molecule has 1 atom stereocenters. The Hall–Kier alpha value is -2.67. The number of aryl methyl sites for hydroxylation is 2. The number of nitrogens with one attached hydrogen (secondary N) is 1. The van der Waals surface area contributed by atoms with Crippen LogP contribution in [0.25, 0.3) is 5.65 Å². The Bertz CT molecular complexity index is 881. The van der Waals surface area contributed by atoms with Crippen molar-refractivity contribution in [2.24, 2.45) is 0 Å². The minimum atomic E-state index is -0.196. The molecule has 3 rings (SSSR count). The van der Waals surface area contributed by atoms with Gasteiger partial charge < -0.3 is 9.73 Å². The van der Waals surface area contributed by atoms with Gasteiger partial charge in [0, 0.05) is 18.3 Å². The topological polar surface area (TPSA) is 75.7 Å². The summed E-state index contributed by atoms with van der Waals surface area (Å²) in [5.74, 6) is 0.651. The van der Waals surface area contributed by atoms with Crippen LogP contribution in [0.15, 0.2) is 34.9 Å². The van der Waals surface area contributed by atoms with E-state index in [4.69, 9.17) is 4.42 Å². The second-order valence-electron chi connectivity index (χ2n) is 6.30. The summed E-state index contributed by atoms with van der Waals surface area (Å²) in [4.78, 5) is 19.4. The second kappa shape index (κ2) is 7.70. The smallest absolute Gasteiger partial charge is 0.270 e. The molecule has 0 aliphatic rings. The third-order valence-electron chi connectivity index (χ3n) is 4.54. The van der Waals surface area contributed by atoms with E-state index in [1.54, 1.807) is 16.8 Å². The van der Waals surface area contributed by atoms with Gasteiger partial charge in [0.25, 0.3) is 5.91 Å². The molecule has 1 N–H and O–H groups in total. The number of nitrogens with zero attached hydrogens (tertiary/aromatic N) is 4. The Morgan fingerprint density at radius 3 is 2.73 bits per heavy atom. The van der Waals surface area contributed by atoms with E-state index in [0.29, 0.717) is 17.9 Å². The number of carbonyl (C=O) groups excluding carboxylic acids is 1. The Labute approximate surface area is 153 Å². The first-order valence-electron chi connectivity index (χ1n) is 8.93. The molecule has 0 unspecified atom stereocenters. The first-order chi connectivity index (χ1) is 12.5. The largest absolute Gasteiger partial charge is 0.468 e. The molecule has 0 fully saturated rings. The van der Waals surface area contributed by atoms with Crippen LogP contribution >= 0.6 is 0 Å². The van der Waals surface area contributed by atoms with Crippen molar-refractivity contribution in [1.29, 1.82) is 0 Å². The number of likely N-dealkylation sites (N-methyl/N-ethyl adjacent to an activating group) is 1. The van der Waals surface area contributed by atoms with Crippen LogP contribution in [0.2, 0.25) is 0 Å². The first kappa shape index (κ1) is 18.1. The predicted octanol–water partition coefficient (Wildman–Crippen LogP) is 2.75. The Morgan fingerprint density at radius 1 is 1.31 bits per heavy atom. The second-order valence-corrected chi connectivity index (χ2v) is 6.30. The van der Waals surface area contributed by atoms with Gasteiger partial charge in [-0.25, -0.2) is 9.50 Å². The predicted molar refractivity (Wildman–Crippen MR) is 99.2 cm³/mol. The fourth-order valence-corrected chi connectivity index (χ4v) is 3.19. The van der Waals surface area contributed by atoms with Gasteiger partial charge in [-0.05, 0) is 45.1 Å². The van der Waals surface area contributed by atoms with Gasteiger partial charge in [0.2, 0.25) is 0 Å². The molecule has 3 heterocycles. The normalized spacial score (nSPS) is 12.7. The highest BCUT2D eigenvalue weighted by Gasteiger charge is 2.22. The molecular weight excluding hydrogens is 330 g/mol. The van der Waals surface area contributed by atoms with Gasteiger partial charge in [0.05, 0.1) is 18.0 Å². The zero-order valence-electron chi connectivity index (χ0n) is 15.7. The maximum atomic E-state index is 12.7. The van der Waals surface area contributed by atoms with E-state index >= 15 is 0 Å². The summed E-state index contributed by atoms with van der Waals surface area (Å²) in [7, 11) is 0. The van der Waals surface area contributed by atoms with E-state index < -0.39 is 0 Å². The van der Waals surface area contributed by atoms with E-state index in [1.165, 1.54) is 0 Å². The highest BCUT2D eigenvalue weighted by molar-refractivity contribution is 5.92. The molecule has 7 heteroatoms. The number of hydrogen-bond donors (Lipinski definition) is 1. The lowest BCUT2D eigenvalue weighted by Crippen LogP contribution is -2.38. The number of furan rings is 1. The van der Waals surface area contributed by atoms with E-state index in [-0.39, 0.29) is 11.9 Å². The third kappa shape index (κ3) is 3.62. The summed E-state index contributed by atoms with van der Waals surface area (Å²) in [6, 6.07) is 7.43. The highest BCUT2D eigenvalue weighted by Crippen LogP contribution is 2.20. The van der Waals surface area contributed by atoms with Crippen LogP contribution in [0.1, 0.15) is 47.5 Å². The average molecular weight is 355 g/mol. The molecular formula is C19H25N5O2. The molecule has 0 aliphatic carbocycles. The van der Waals surface area contributed by atoms with Gasteiger partial charge >= 0.3 is 0 Å². The van der Waals surface area contributed by atoms with Crippen LogP contribution in [-0.2, 0) is 0 Å². The minimum absolute atomic E-state index is 0.00834. The van der Waals surface area contributed by atoms with Gasteiger partial charge in [0.15, 0.2) is 5.65 Å². The van der Waals surface area contributed by atoms with E-state index in [1.807, 2.05) is 32.0 Å². The number of rotatable bonds is 7. The number of hydrogen-bond acceptors (Lipinski definition) is 5. The number of aromatic nitrogens is 3. The van der Waals surface area contributed by atoms with Crippen LogP contribution < -0.4 is 5.32 Å². The van der Waals surface area contributed by atoms with Crippen molar-refractivity contribution < 1.29 is 9.21 Å². The van der Waals surface area contributed by atoms with E-state index in [9.17, 15) is 4.79 Å². The average Bonchev–Trinajstić information content (AvgIpc) is 3.27. The number of carbonyl (C=O) groups is 1. The molecule has 3 aromatic rings. The Morgan fingerprint density at radius 2 is 2.08 bits per heavy atom. The van der Waals surface area contributed by atoms with Crippen LogP contribution in [0.4, 0.5) is 0 Å². The summed E-state index contributed by atoms with van der Waals surface area (Å²) < 4.78 is 7.32. The van der Waals surface area contributed by atoms with Gasteiger partial charge in [-0.1, -0.05) is 13.8 Å². The molecule has 0 aromatic carbocycles. The molecule has 0 radical (unpaired) electrons. The van der Waals surface area contributed by atoms with Crippen molar-refractivity contribution in [3.8, 4) is 0 Å². The summed E-state index contributed by atoms with van der Waals surface area (Å²) in [6.07, 6.45) is 1.66. The standard InChI is InChI=1S/C19H25N5O2/c1-5-23(6-2)16(17-8-7-9-26-17)12-20-19(25)15-11-14(4)24-18(21-15)10-13(3)22-24/h7-11,16H,5-6,12H2,1-4H3,(H,20,25)/t16-/m1/s1. The van der Waals surface area contributed by atoms with Crippen LogP contribution in [0.5, 0.6) is 0 Å². The number of fused-ring (bicyclic) bond motifs is 1. The quantitative estimate of drug-likeness (QED) is 0.705. The lowest BCUT2D eigenvalue weighted by molar-refractivity contribution is 0.0924. The number of amides is 1. The molecule has 3 aromatic heterocycles. The van der Waals surface area contributed by atoms with Crippen LogP contribution in [0.3, 0.4) is 0 Å². The van der Waals surface area contributed by atoms with Gasteiger partial charge in [-0.3, -0.25) is 9.69 Å². The third-order valence-corrected chi connectivity index (χ3v) is 4.54. The SMILES string of the molecule is CCN(CC)[C@H](CNC(=O)c1cc(C)n2nc(C)cc2n1)c1ccco1. The Balaban J connectivity index is 1.78. The summed E-state index contributed by atoms with van der Waals surface area (Å²) in [6.45, 7) is 10.2.